The Morgan fingerprint density at radius 2 is 2.07 bits per heavy atom. The smallest absolute Gasteiger partial charge is 0.220 e. The SMILES string of the molecule is CC(C)C1CC(NC2CCC(=O)NC2)C1. The average molecular weight is 210 g/mol. The summed E-state index contributed by atoms with van der Waals surface area (Å²) in [6.07, 6.45) is 4.34. The third-order valence-electron chi connectivity index (χ3n) is 3.85. The van der Waals surface area contributed by atoms with Gasteiger partial charge in [-0.25, -0.2) is 0 Å². The molecule has 2 fully saturated rings. The summed E-state index contributed by atoms with van der Waals surface area (Å²) in [5, 5.41) is 6.56. The summed E-state index contributed by atoms with van der Waals surface area (Å²) < 4.78 is 0. The quantitative estimate of drug-likeness (QED) is 0.737. The van der Waals surface area contributed by atoms with Gasteiger partial charge in [0.25, 0.3) is 0 Å². The highest BCUT2D eigenvalue weighted by molar-refractivity contribution is 5.76. The van der Waals surface area contributed by atoms with Crippen molar-refractivity contribution in [3.63, 3.8) is 0 Å². The van der Waals surface area contributed by atoms with Crippen molar-refractivity contribution in [1.82, 2.24) is 10.6 Å². The Kier molecular flexibility index (Phi) is 3.29. The van der Waals surface area contributed by atoms with E-state index in [1.807, 2.05) is 0 Å². The van der Waals surface area contributed by atoms with Gasteiger partial charge in [0.05, 0.1) is 0 Å². The van der Waals surface area contributed by atoms with E-state index in [-0.39, 0.29) is 5.91 Å². The van der Waals surface area contributed by atoms with E-state index in [1.54, 1.807) is 0 Å². The van der Waals surface area contributed by atoms with Gasteiger partial charge in [-0.2, -0.15) is 0 Å². The first-order valence-corrected chi connectivity index (χ1v) is 6.18. The fourth-order valence-electron chi connectivity index (χ4n) is 2.55. The summed E-state index contributed by atoms with van der Waals surface area (Å²) in [5.74, 6) is 1.96. The highest BCUT2D eigenvalue weighted by atomic mass is 16.1. The Labute approximate surface area is 92.0 Å². The number of amides is 1. The molecule has 1 amide bonds. The minimum Gasteiger partial charge on any atom is -0.355 e. The number of carbonyl (C=O) groups excluding carboxylic acids is 1. The van der Waals surface area contributed by atoms with Crippen LogP contribution in [0.2, 0.25) is 0 Å². The van der Waals surface area contributed by atoms with Crippen LogP contribution >= 0.6 is 0 Å². The van der Waals surface area contributed by atoms with Gasteiger partial charge >= 0.3 is 0 Å². The van der Waals surface area contributed by atoms with Crippen LogP contribution in [0, 0.1) is 11.8 Å². The molecule has 86 valence electrons. The average Bonchev–Trinajstić information content (AvgIpc) is 2.13. The van der Waals surface area contributed by atoms with E-state index in [0.29, 0.717) is 18.5 Å². The number of hydrogen-bond donors (Lipinski definition) is 2. The summed E-state index contributed by atoms with van der Waals surface area (Å²) in [6.45, 7) is 5.44. The zero-order chi connectivity index (χ0) is 10.8. The molecule has 1 heterocycles. The molecule has 1 saturated carbocycles. The predicted molar refractivity (Wildman–Crippen MR) is 60.5 cm³/mol. The molecule has 1 unspecified atom stereocenters. The molecule has 2 aliphatic rings. The van der Waals surface area contributed by atoms with Crippen molar-refractivity contribution in [3.8, 4) is 0 Å². The fraction of sp³-hybridized carbons (Fsp3) is 0.917. The van der Waals surface area contributed by atoms with Crippen molar-refractivity contribution in [2.75, 3.05) is 6.54 Å². The Morgan fingerprint density at radius 3 is 2.60 bits per heavy atom. The second kappa shape index (κ2) is 4.52. The van der Waals surface area contributed by atoms with Crippen LogP contribution in [0.25, 0.3) is 0 Å². The molecule has 15 heavy (non-hydrogen) atoms. The topological polar surface area (TPSA) is 41.1 Å². The van der Waals surface area contributed by atoms with Crippen molar-refractivity contribution in [2.45, 2.75) is 51.6 Å². The third-order valence-corrected chi connectivity index (χ3v) is 3.85. The van der Waals surface area contributed by atoms with Crippen LogP contribution in [0.3, 0.4) is 0 Å². The van der Waals surface area contributed by atoms with Crippen LogP contribution in [-0.2, 0) is 4.79 Å². The molecule has 0 aromatic rings. The molecular weight excluding hydrogens is 188 g/mol. The van der Waals surface area contributed by atoms with Gasteiger partial charge in [0.1, 0.15) is 0 Å². The minimum atomic E-state index is 0.210. The standard InChI is InChI=1S/C12H22N2O/c1-8(2)9-5-11(6-9)14-10-3-4-12(15)13-7-10/h8-11,14H,3-7H2,1-2H3,(H,13,15). The predicted octanol–water partition coefficient (Wildman–Crippen LogP) is 1.29. The lowest BCUT2D eigenvalue weighted by Crippen LogP contribution is -2.53. The van der Waals surface area contributed by atoms with E-state index in [1.165, 1.54) is 12.8 Å². The molecule has 1 atom stereocenters. The highest BCUT2D eigenvalue weighted by Gasteiger charge is 2.32. The molecule has 1 aliphatic heterocycles. The van der Waals surface area contributed by atoms with Crippen molar-refractivity contribution < 1.29 is 4.79 Å². The molecule has 0 aromatic carbocycles. The van der Waals surface area contributed by atoms with Crippen molar-refractivity contribution >= 4 is 5.91 Å². The molecule has 0 radical (unpaired) electrons. The zero-order valence-corrected chi connectivity index (χ0v) is 9.75. The number of carbonyl (C=O) groups is 1. The summed E-state index contributed by atoms with van der Waals surface area (Å²) >= 11 is 0. The van der Waals surface area contributed by atoms with E-state index in [4.69, 9.17) is 0 Å². The van der Waals surface area contributed by atoms with Gasteiger partial charge in [-0.1, -0.05) is 13.8 Å². The van der Waals surface area contributed by atoms with Crippen LogP contribution in [-0.4, -0.2) is 24.5 Å². The molecule has 0 aromatic heterocycles. The highest BCUT2D eigenvalue weighted by Crippen LogP contribution is 2.33. The van der Waals surface area contributed by atoms with Gasteiger partial charge in [-0.3, -0.25) is 4.79 Å². The summed E-state index contributed by atoms with van der Waals surface area (Å²) in [7, 11) is 0. The first-order chi connectivity index (χ1) is 7.15. The van der Waals surface area contributed by atoms with Gasteiger partial charge in [0.2, 0.25) is 5.91 Å². The molecule has 3 heteroatoms. The maximum Gasteiger partial charge on any atom is 0.220 e. The second-order valence-electron chi connectivity index (χ2n) is 5.38. The number of rotatable bonds is 3. The first kappa shape index (κ1) is 10.9. The van der Waals surface area contributed by atoms with E-state index in [9.17, 15) is 4.79 Å². The van der Waals surface area contributed by atoms with Gasteiger partial charge in [0.15, 0.2) is 0 Å². The Balaban J connectivity index is 1.65. The maximum atomic E-state index is 11.0. The number of nitrogens with one attached hydrogen (secondary N) is 2. The van der Waals surface area contributed by atoms with Crippen LogP contribution in [0.15, 0.2) is 0 Å². The lowest BCUT2D eigenvalue weighted by molar-refractivity contribution is -0.122. The molecule has 2 N–H and O–H groups in total. The van der Waals surface area contributed by atoms with Crippen molar-refractivity contribution in [1.29, 1.82) is 0 Å². The monoisotopic (exact) mass is 210 g/mol. The second-order valence-corrected chi connectivity index (χ2v) is 5.38. The maximum absolute atomic E-state index is 11.0. The largest absolute Gasteiger partial charge is 0.355 e. The van der Waals surface area contributed by atoms with E-state index in [0.717, 1.165) is 24.8 Å². The van der Waals surface area contributed by atoms with Gasteiger partial charge in [-0.05, 0) is 31.1 Å². The summed E-state index contributed by atoms with van der Waals surface area (Å²) in [4.78, 5) is 11.0. The van der Waals surface area contributed by atoms with Crippen molar-refractivity contribution in [2.24, 2.45) is 11.8 Å². The van der Waals surface area contributed by atoms with E-state index < -0.39 is 0 Å². The molecule has 3 nitrogen and oxygen atoms in total. The van der Waals surface area contributed by atoms with Crippen LogP contribution in [0.5, 0.6) is 0 Å². The Bertz CT molecular complexity index is 224. The summed E-state index contributed by atoms with van der Waals surface area (Å²) in [5.41, 5.74) is 0. The fourth-order valence-corrected chi connectivity index (χ4v) is 2.55. The van der Waals surface area contributed by atoms with Gasteiger partial charge in [0, 0.05) is 25.0 Å². The molecule has 0 bridgehead atoms. The van der Waals surface area contributed by atoms with Crippen molar-refractivity contribution in [3.05, 3.63) is 0 Å². The number of piperidine rings is 1. The Morgan fingerprint density at radius 1 is 1.33 bits per heavy atom. The minimum absolute atomic E-state index is 0.210. The molecule has 2 rings (SSSR count). The van der Waals surface area contributed by atoms with Crippen LogP contribution in [0.1, 0.15) is 39.5 Å². The van der Waals surface area contributed by atoms with Gasteiger partial charge < -0.3 is 10.6 Å². The third kappa shape index (κ3) is 2.71. The van der Waals surface area contributed by atoms with Crippen LogP contribution in [0.4, 0.5) is 0 Å². The summed E-state index contributed by atoms with van der Waals surface area (Å²) in [6, 6.07) is 1.22. The molecular formula is C12H22N2O. The van der Waals surface area contributed by atoms with Gasteiger partial charge in [-0.15, -0.1) is 0 Å². The Hall–Kier alpha value is -0.570. The molecule has 1 aliphatic carbocycles. The lowest BCUT2D eigenvalue weighted by Gasteiger charge is -2.41. The normalized spacial score (nSPS) is 36.2. The van der Waals surface area contributed by atoms with E-state index in [2.05, 4.69) is 24.5 Å². The zero-order valence-electron chi connectivity index (χ0n) is 9.75. The molecule has 0 spiro atoms. The van der Waals surface area contributed by atoms with Crippen LogP contribution < -0.4 is 10.6 Å². The molecule has 1 saturated heterocycles. The number of hydrogen-bond acceptors (Lipinski definition) is 2. The first-order valence-electron chi connectivity index (χ1n) is 6.18. The lowest BCUT2D eigenvalue weighted by atomic mass is 9.73. The van der Waals surface area contributed by atoms with E-state index >= 15 is 0 Å².